The van der Waals surface area contributed by atoms with Gasteiger partial charge in [0.1, 0.15) is 5.82 Å². The molecule has 0 atom stereocenters. The summed E-state index contributed by atoms with van der Waals surface area (Å²) in [6, 6.07) is 0. The monoisotopic (exact) mass is 289 g/mol. The third kappa shape index (κ3) is 4.26. The molecule has 1 aliphatic carbocycles. The number of nitrogens with one attached hydrogen (secondary N) is 1. The molecule has 1 saturated carbocycles. The van der Waals surface area contributed by atoms with Gasteiger partial charge in [-0.1, -0.05) is 34.1 Å². The fraction of sp³-hybridized carbons (Fsp3) is 0.778. The predicted molar refractivity (Wildman–Crippen MR) is 88.8 cm³/mol. The SMILES string of the molecule is CCc1nc(C2CCC2)nc(CC)c1CCNCC(C)C. The summed E-state index contributed by atoms with van der Waals surface area (Å²) in [7, 11) is 0. The van der Waals surface area contributed by atoms with E-state index in [1.165, 1.54) is 36.2 Å². The van der Waals surface area contributed by atoms with Crippen LogP contribution in [0, 0.1) is 5.92 Å². The van der Waals surface area contributed by atoms with Crippen LogP contribution in [0.1, 0.15) is 75.7 Å². The number of aromatic nitrogens is 2. The molecule has 1 aromatic rings. The molecule has 1 N–H and O–H groups in total. The number of aryl methyl sites for hydroxylation is 2. The zero-order chi connectivity index (χ0) is 15.2. The van der Waals surface area contributed by atoms with Crippen molar-refractivity contribution in [1.29, 1.82) is 0 Å². The summed E-state index contributed by atoms with van der Waals surface area (Å²) in [5.74, 6) is 2.46. The van der Waals surface area contributed by atoms with Crippen molar-refractivity contribution in [2.75, 3.05) is 13.1 Å². The highest BCUT2D eigenvalue weighted by atomic mass is 14.9. The zero-order valence-electron chi connectivity index (χ0n) is 14.2. The van der Waals surface area contributed by atoms with E-state index in [1.807, 2.05) is 0 Å². The lowest BCUT2D eigenvalue weighted by Crippen LogP contribution is -2.24. The lowest BCUT2D eigenvalue weighted by Gasteiger charge is -2.25. The average Bonchev–Trinajstić information content (AvgIpc) is 2.41. The Bertz CT molecular complexity index is 425. The van der Waals surface area contributed by atoms with Gasteiger partial charge in [0.25, 0.3) is 0 Å². The van der Waals surface area contributed by atoms with Crippen LogP contribution < -0.4 is 5.32 Å². The molecule has 21 heavy (non-hydrogen) atoms. The smallest absolute Gasteiger partial charge is 0.131 e. The van der Waals surface area contributed by atoms with Crippen LogP contribution in [-0.4, -0.2) is 23.1 Å². The Morgan fingerprint density at radius 1 is 1.10 bits per heavy atom. The summed E-state index contributed by atoms with van der Waals surface area (Å²) >= 11 is 0. The van der Waals surface area contributed by atoms with E-state index < -0.39 is 0 Å². The Morgan fingerprint density at radius 2 is 1.71 bits per heavy atom. The van der Waals surface area contributed by atoms with E-state index in [4.69, 9.17) is 9.97 Å². The molecule has 0 radical (unpaired) electrons. The summed E-state index contributed by atoms with van der Waals surface area (Å²) in [6.07, 6.45) is 7.01. The molecule has 0 spiro atoms. The number of hydrogen-bond acceptors (Lipinski definition) is 3. The molecule has 118 valence electrons. The highest BCUT2D eigenvalue weighted by Gasteiger charge is 2.24. The molecule has 1 aliphatic rings. The molecule has 0 unspecified atom stereocenters. The second-order valence-corrected chi connectivity index (χ2v) is 6.64. The first-order valence-electron chi connectivity index (χ1n) is 8.74. The van der Waals surface area contributed by atoms with Crippen LogP contribution in [0.4, 0.5) is 0 Å². The van der Waals surface area contributed by atoms with Gasteiger partial charge in [0.2, 0.25) is 0 Å². The standard InChI is InChI=1S/C18H31N3/c1-5-16-15(10-11-19-12-13(3)4)17(6-2)21-18(20-16)14-8-7-9-14/h13-14,19H,5-12H2,1-4H3. The van der Waals surface area contributed by atoms with Crippen LogP contribution in [0.15, 0.2) is 0 Å². The number of hydrogen-bond donors (Lipinski definition) is 1. The van der Waals surface area contributed by atoms with E-state index in [9.17, 15) is 0 Å². The first-order chi connectivity index (χ1) is 10.2. The molecule has 1 heterocycles. The summed E-state index contributed by atoms with van der Waals surface area (Å²) < 4.78 is 0. The molecule has 0 bridgehead atoms. The summed E-state index contributed by atoms with van der Waals surface area (Å²) in [5.41, 5.74) is 3.98. The topological polar surface area (TPSA) is 37.8 Å². The third-order valence-corrected chi connectivity index (χ3v) is 4.44. The largest absolute Gasteiger partial charge is 0.316 e. The minimum Gasteiger partial charge on any atom is -0.316 e. The van der Waals surface area contributed by atoms with Crippen molar-refractivity contribution in [3.05, 3.63) is 22.8 Å². The molecule has 0 aliphatic heterocycles. The summed E-state index contributed by atoms with van der Waals surface area (Å²) in [6.45, 7) is 11.1. The van der Waals surface area contributed by atoms with Gasteiger partial charge >= 0.3 is 0 Å². The average molecular weight is 289 g/mol. The quantitative estimate of drug-likeness (QED) is 0.742. The maximum atomic E-state index is 4.90. The highest BCUT2D eigenvalue weighted by molar-refractivity contribution is 5.28. The molecule has 0 aromatic carbocycles. The highest BCUT2D eigenvalue weighted by Crippen LogP contribution is 2.35. The van der Waals surface area contributed by atoms with E-state index in [0.717, 1.165) is 38.2 Å². The van der Waals surface area contributed by atoms with Gasteiger partial charge < -0.3 is 5.32 Å². The molecule has 3 heteroatoms. The Balaban J connectivity index is 2.10. The summed E-state index contributed by atoms with van der Waals surface area (Å²) in [5, 5.41) is 3.54. The van der Waals surface area contributed by atoms with Gasteiger partial charge in [0.15, 0.2) is 0 Å². The van der Waals surface area contributed by atoms with Crippen LogP contribution in [0.3, 0.4) is 0 Å². The minimum absolute atomic E-state index is 0.633. The second-order valence-electron chi connectivity index (χ2n) is 6.64. The molecule has 1 fully saturated rings. The van der Waals surface area contributed by atoms with Crippen LogP contribution >= 0.6 is 0 Å². The van der Waals surface area contributed by atoms with E-state index >= 15 is 0 Å². The molecular weight excluding hydrogens is 258 g/mol. The molecule has 2 rings (SSSR count). The lowest BCUT2D eigenvalue weighted by atomic mass is 9.84. The van der Waals surface area contributed by atoms with Gasteiger partial charge in [-0.15, -0.1) is 0 Å². The van der Waals surface area contributed by atoms with Crippen molar-refractivity contribution in [3.63, 3.8) is 0 Å². The Hall–Kier alpha value is -0.960. The van der Waals surface area contributed by atoms with E-state index in [1.54, 1.807) is 0 Å². The van der Waals surface area contributed by atoms with Crippen LogP contribution in [0.25, 0.3) is 0 Å². The maximum Gasteiger partial charge on any atom is 0.131 e. The van der Waals surface area contributed by atoms with Gasteiger partial charge in [-0.2, -0.15) is 0 Å². The van der Waals surface area contributed by atoms with Crippen LogP contribution in [0.5, 0.6) is 0 Å². The van der Waals surface area contributed by atoms with Crippen molar-refractivity contribution in [2.24, 2.45) is 5.92 Å². The van der Waals surface area contributed by atoms with Crippen molar-refractivity contribution in [1.82, 2.24) is 15.3 Å². The van der Waals surface area contributed by atoms with Gasteiger partial charge in [-0.05, 0) is 56.7 Å². The second kappa shape index (κ2) is 7.88. The third-order valence-electron chi connectivity index (χ3n) is 4.44. The number of rotatable bonds is 8. The number of nitrogens with zero attached hydrogens (tertiary/aromatic N) is 2. The summed E-state index contributed by atoms with van der Waals surface area (Å²) in [4.78, 5) is 9.79. The first-order valence-corrected chi connectivity index (χ1v) is 8.74. The predicted octanol–water partition coefficient (Wildman–Crippen LogP) is 3.66. The lowest BCUT2D eigenvalue weighted by molar-refractivity contribution is 0.398. The van der Waals surface area contributed by atoms with Crippen molar-refractivity contribution >= 4 is 0 Å². The normalized spacial score (nSPS) is 15.5. The van der Waals surface area contributed by atoms with Crippen molar-refractivity contribution in [3.8, 4) is 0 Å². The van der Waals surface area contributed by atoms with Crippen LogP contribution in [0.2, 0.25) is 0 Å². The molecular formula is C18H31N3. The first kappa shape index (κ1) is 16.4. The van der Waals surface area contributed by atoms with E-state index in [-0.39, 0.29) is 0 Å². The van der Waals surface area contributed by atoms with Gasteiger partial charge in [0.05, 0.1) is 0 Å². The van der Waals surface area contributed by atoms with Gasteiger partial charge in [-0.3, -0.25) is 0 Å². The van der Waals surface area contributed by atoms with Gasteiger partial charge in [0, 0.05) is 17.3 Å². The van der Waals surface area contributed by atoms with Gasteiger partial charge in [-0.25, -0.2) is 9.97 Å². The van der Waals surface area contributed by atoms with E-state index in [2.05, 4.69) is 33.0 Å². The van der Waals surface area contributed by atoms with Crippen molar-refractivity contribution < 1.29 is 0 Å². The minimum atomic E-state index is 0.633. The fourth-order valence-corrected chi connectivity index (χ4v) is 2.93. The molecule has 3 nitrogen and oxygen atoms in total. The Morgan fingerprint density at radius 3 is 2.14 bits per heavy atom. The molecule has 1 aromatic heterocycles. The van der Waals surface area contributed by atoms with E-state index in [0.29, 0.717) is 11.8 Å². The van der Waals surface area contributed by atoms with Crippen molar-refractivity contribution in [2.45, 2.75) is 72.1 Å². The fourth-order valence-electron chi connectivity index (χ4n) is 2.93. The molecule has 0 saturated heterocycles. The zero-order valence-corrected chi connectivity index (χ0v) is 14.2. The Kier molecular flexibility index (Phi) is 6.16. The van der Waals surface area contributed by atoms with Crippen LogP contribution in [-0.2, 0) is 19.3 Å². The maximum absolute atomic E-state index is 4.90. The Labute approximate surface area is 130 Å². The molecule has 0 amide bonds.